The van der Waals surface area contributed by atoms with Crippen LogP contribution >= 0.6 is 0 Å². The highest BCUT2D eigenvalue weighted by Crippen LogP contribution is 2.22. The molecule has 0 aliphatic heterocycles. The Morgan fingerprint density at radius 1 is 0.889 bits per heavy atom. The van der Waals surface area contributed by atoms with Crippen molar-refractivity contribution in [2.45, 2.75) is 23.1 Å². The third kappa shape index (κ3) is 7.14. The van der Waals surface area contributed by atoms with Crippen LogP contribution in [-0.4, -0.2) is 54.3 Å². The molecule has 0 bridgehead atoms. The lowest BCUT2D eigenvalue weighted by Crippen LogP contribution is -2.26. The summed E-state index contributed by atoms with van der Waals surface area (Å²) in [5, 5.41) is 2.65. The van der Waals surface area contributed by atoms with Crippen molar-refractivity contribution in [3.63, 3.8) is 0 Å². The molecule has 11 heteroatoms. The predicted molar refractivity (Wildman–Crippen MR) is 138 cm³/mol. The van der Waals surface area contributed by atoms with Crippen LogP contribution in [0.15, 0.2) is 82.6 Å². The summed E-state index contributed by atoms with van der Waals surface area (Å²) < 4.78 is 58.9. The van der Waals surface area contributed by atoms with Gasteiger partial charge in [-0.2, -0.15) is 0 Å². The van der Waals surface area contributed by atoms with E-state index in [0.29, 0.717) is 23.4 Å². The van der Waals surface area contributed by atoms with Crippen LogP contribution in [0.25, 0.3) is 0 Å². The summed E-state index contributed by atoms with van der Waals surface area (Å²) in [5.41, 5.74) is 2.08. The van der Waals surface area contributed by atoms with Crippen LogP contribution in [0.5, 0.6) is 5.75 Å². The van der Waals surface area contributed by atoms with Gasteiger partial charge in [0.15, 0.2) is 6.61 Å². The first-order valence-electron chi connectivity index (χ1n) is 11.1. The van der Waals surface area contributed by atoms with E-state index in [1.165, 1.54) is 50.5 Å². The molecule has 3 aromatic rings. The van der Waals surface area contributed by atoms with E-state index in [-0.39, 0.29) is 22.9 Å². The minimum atomic E-state index is -3.68. The number of hydrogen-bond donors (Lipinski definition) is 2. The summed E-state index contributed by atoms with van der Waals surface area (Å²) in [5.74, 6) is -0.175. The first kappa shape index (κ1) is 27.3. The summed E-state index contributed by atoms with van der Waals surface area (Å²) >= 11 is 0. The molecule has 0 spiro atoms. The van der Waals surface area contributed by atoms with Crippen molar-refractivity contribution < 1.29 is 26.4 Å². The van der Waals surface area contributed by atoms with Crippen molar-refractivity contribution in [3.05, 3.63) is 83.9 Å². The lowest BCUT2D eigenvalue weighted by Gasteiger charge is -2.14. The zero-order valence-electron chi connectivity index (χ0n) is 20.3. The largest absolute Gasteiger partial charge is 0.484 e. The van der Waals surface area contributed by atoms with E-state index < -0.39 is 26.0 Å². The molecular formula is C25H29N3O6S2. The molecule has 0 radical (unpaired) electrons. The van der Waals surface area contributed by atoms with Crippen molar-refractivity contribution in [2.24, 2.45) is 0 Å². The Morgan fingerprint density at radius 3 is 2.17 bits per heavy atom. The number of anilines is 1. The number of nitrogens with zero attached hydrogens (tertiary/aromatic N) is 1. The molecule has 0 saturated heterocycles. The van der Waals surface area contributed by atoms with E-state index in [1.54, 1.807) is 13.0 Å². The zero-order chi connectivity index (χ0) is 26.3. The first-order chi connectivity index (χ1) is 17.0. The van der Waals surface area contributed by atoms with E-state index >= 15 is 0 Å². The fourth-order valence-electron chi connectivity index (χ4n) is 3.21. The third-order valence-corrected chi connectivity index (χ3v) is 8.60. The zero-order valence-corrected chi connectivity index (χ0v) is 21.9. The lowest BCUT2D eigenvalue weighted by molar-refractivity contribution is -0.118. The van der Waals surface area contributed by atoms with E-state index in [4.69, 9.17) is 4.74 Å². The van der Waals surface area contributed by atoms with Gasteiger partial charge in [0.25, 0.3) is 5.91 Å². The fourth-order valence-corrected chi connectivity index (χ4v) is 5.18. The average molecular weight is 532 g/mol. The van der Waals surface area contributed by atoms with Crippen LogP contribution in [0.1, 0.15) is 11.1 Å². The monoisotopic (exact) mass is 531 g/mol. The van der Waals surface area contributed by atoms with Crippen LogP contribution in [0.3, 0.4) is 0 Å². The van der Waals surface area contributed by atoms with Crippen LogP contribution in [-0.2, 0) is 31.3 Å². The average Bonchev–Trinajstić information content (AvgIpc) is 2.84. The van der Waals surface area contributed by atoms with Gasteiger partial charge in [-0.1, -0.05) is 36.4 Å². The predicted octanol–water partition coefficient (Wildman–Crippen LogP) is 2.78. The number of carbonyl (C=O) groups excluding carboxylic acids is 1. The van der Waals surface area contributed by atoms with Crippen molar-refractivity contribution >= 4 is 31.6 Å². The minimum Gasteiger partial charge on any atom is -0.484 e. The van der Waals surface area contributed by atoms with E-state index in [0.717, 1.165) is 9.87 Å². The smallest absolute Gasteiger partial charge is 0.262 e. The molecule has 36 heavy (non-hydrogen) atoms. The number of ether oxygens (including phenoxy) is 1. The molecule has 0 aliphatic carbocycles. The van der Waals surface area contributed by atoms with Crippen LogP contribution in [0.4, 0.5) is 5.69 Å². The second-order valence-electron chi connectivity index (χ2n) is 8.21. The Bertz CT molecular complexity index is 1410. The van der Waals surface area contributed by atoms with Gasteiger partial charge in [0, 0.05) is 26.3 Å². The van der Waals surface area contributed by atoms with Crippen molar-refractivity contribution in [2.75, 3.05) is 32.6 Å². The van der Waals surface area contributed by atoms with Crippen LogP contribution in [0.2, 0.25) is 0 Å². The Balaban J connectivity index is 1.55. The number of rotatable bonds is 11. The number of aryl methyl sites for hydroxylation is 1. The summed E-state index contributed by atoms with van der Waals surface area (Å²) in [4.78, 5) is 12.5. The maximum atomic E-state index is 12.5. The highest BCUT2D eigenvalue weighted by molar-refractivity contribution is 7.89. The minimum absolute atomic E-state index is 0.0588. The van der Waals surface area contributed by atoms with E-state index in [2.05, 4.69) is 10.0 Å². The highest BCUT2D eigenvalue weighted by Gasteiger charge is 2.19. The fraction of sp³-hybridized carbons (Fsp3) is 0.240. The van der Waals surface area contributed by atoms with Gasteiger partial charge in [-0.25, -0.2) is 25.9 Å². The number of amides is 1. The molecule has 0 atom stereocenters. The molecule has 9 nitrogen and oxygen atoms in total. The normalized spacial score (nSPS) is 11.9. The number of sulfonamides is 2. The molecule has 0 unspecified atom stereocenters. The SMILES string of the molecule is Cc1ccc(S(=O)(=O)N(C)C)cc1NC(=O)COc1ccc(S(=O)(=O)NCCc2ccccc2)cc1. The van der Waals surface area contributed by atoms with Gasteiger partial charge in [0.05, 0.1) is 9.79 Å². The standard InChI is InChI=1S/C25H29N3O6S2/c1-19-9-12-23(36(32,33)28(2)3)17-24(19)27-25(29)18-34-21-10-13-22(14-11-21)35(30,31)26-16-15-20-7-5-4-6-8-20/h4-14,17,26H,15-16,18H2,1-3H3,(H,27,29). The topological polar surface area (TPSA) is 122 Å². The second kappa shape index (κ2) is 11.7. The summed E-state index contributed by atoms with van der Waals surface area (Å²) in [6.07, 6.45) is 0.569. The Kier molecular flexibility index (Phi) is 8.85. The molecule has 0 aliphatic rings. The second-order valence-corrected chi connectivity index (χ2v) is 12.1. The number of nitrogens with one attached hydrogen (secondary N) is 2. The Hall–Kier alpha value is -3.25. The Labute approximate surface area is 212 Å². The molecule has 3 aromatic carbocycles. The van der Waals surface area contributed by atoms with Gasteiger partial charge in [0.1, 0.15) is 5.75 Å². The molecule has 2 N–H and O–H groups in total. The van der Waals surface area contributed by atoms with Crippen LogP contribution < -0.4 is 14.8 Å². The summed E-state index contributed by atoms with van der Waals surface area (Å²) in [7, 11) is -4.47. The van der Waals surface area contributed by atoms with Gasteiger partial charge >= 0.3 is 0 Å². The van der Waals surface area contributed by atoms with Gasteiger partial charge in [-0.05, 0) is 60.9 Å². The third-order valence-electron chi connectivity index (χ3n) is 5.31. The lowest BCUT2D eigenvalue weighted by atomic mass is 10.2. The summed E-state index contributed by atoms with van der Waals surface area (Å²) in [6.45, 7) is 1.67. The van der Waals surface area contributed by atoms with Crippen molar-refractivity contribution in [3.8, 4) is 5.75 Å². The molecule has 192 valence electrons. The molecule has 0 heterocycles. The molecule has 1 amide bonds. The molecule has 0 fully saturated rings. The first-order valence-corrected chi connectivity index (χ1v) is 14.0. The van der Waals surface area contributed by atoms with Crippen molar-refractivity contribution in [1.29, 1.82) is 0 Å². The van der Waals surface area contributed by atoms with Gasteiger partial charge < -0.3 is 10.1 Å². The molecular weight excluding hydrogens is 502 g/mol. The number of carbonyl (C=O) groups is 1. The maximum absolute atomic E-state index is 12.5. The van der Waals surface area contributed by atoms with E-state index in [9.17, 15) is 21.6 Å². The number of benzene rings is 3. The Morgan fingerprint density at radius 2 is 1.53 bits per heavy atom. The van der Waals surface area contributed by atoms with Crippen molar-refractivity contribution in [1.82, 2.24) is 9.03 Å². The van der Waals surface area contributed by atoms with Crippen LogP contribution in [0, 0.1) is 6.92 Å². The van der Waals surface area contributed by atoms with Gasteiger partial charge in [-0.15, -0.1) is 0 Å². The maximum Gasteiger partial charge on any atom is 0.262 e. The number of hydrogen-bond acceptors (Lipinski definition) is 6. The summed E-state index contributed by atoms with van der Waals surface area (Å²) in [6, 6.07) is 19.8. The van der Waals surface area contributed by atoms with Gasteiger partial charge in [-0.3, -0.25) is 4.79 Å². The highest BCUT2D eigenvalue weighted by atomic mass is 32.2. The quantitative estimate of drug-likeness (QED) is 0.392. The van der Waals surface area contributed by atoms with E-state index in [1.807, 2.05) is 30.3 Å². The molecule has 0 aromatic heterocycles. The molecule has 3 rings (SSSR count). The molecule has 0 saturated carbocycles. The van der Waals surface area contributed by atoms with Gasteiger partial charge in [0.2, 0.25) is 20.0 Å².